The van der Waals surface area contributed by atoms with Gasteiger partial charge < -0.3 is 10.2 Å². The Morgan fingerprint density at radius 1 is 1.28 bits per heavy atom. The number of aromatic nitrogens is 4. The summed E-state index contributed by atoms with van der Waals surface area (Å²) >= 11 is 0. The highest BCUT2D eigenvalue weighted by Gasteiger charge is 2.24. The number of pyridine rings is 1. The Bertz CT molecular complexity index is 943. The average Bonchev–Trinajstić information content (AvgIpc) is 3.20. The number of anilines is 2. The van der Waals surface area contributed by atoms with Gasteiger partial charge in [0.25, 0.3) is 5.91 Å². The molecule has 7 nitrogen and oxygen atoms in total. The van der Waals surface area contributed by atoms with Crippen LogP contribution in [0.4, 0.5) is 20.3 Å². The van der Waals surface area contributed by atoms with E-state index in [0.717, 1.165) is 6.20 Å². The number of nitrogens with one attached hydrogen (secondary N) is 1. The third-order valence-electron chi connectivity index (χ3n) is 4.00. The van der Waals surface area contributed by atoms with Crippen LogP contribution in [0.2, 0.25) is 0 Å². The molecule has 3 aromatic rings. The lowest BCUT2D eigenvalue weighted by molar-refractivity contribution is 0.102. The van der Waals surface area contributed by atoms with E-state index in [1.165, 1.54) is 23.0 Å². The number of halogens is 2. The maximum absolute atomic E-state index is 13.4. The third kappa shape index (κ3) is 3.00. The van der Waals surface area contributed by atoms with Crippen molar-refractivity contribution in [3.05, 3.63) is 48.3 Å². The number of carbonyl (C=O) groups excluding carboxylic acids is 1. The molecule has 0 aliphatic carbocycles. The Balaban J connectivity index is 1.64. The standard InChI is InChI=1S/C16H14F2N6O/c17-10-3-4-23(9-10)15-2-1-14-20-8-13(24(14)22-15)16(25)21-12-5-11(18)6-19-7-12/h1-2,5-8,10H,3-4,9H2,(H,21,25)/t10-/m0/s1. The number of amides is 1. The molecule has 1 atom stereocenters. The van der Waals surface area contributed by atoms with E-state index >= 15 is 0 Å². The molecule has 3 aromatic heterocycles. The molecule has 1 aliphatic heterocycles. The number of nitrogens with zero attached hydrogens (tertiary/aromatic N) is 5. The molecule has 0 saturated carbocycles. The molecule has 9 heteroatoms. The summed E-state index contributed by atoms with van der Waals surface area (Å²) in [7, 11) is 0. The fourth-order valence-electron chi connectivity index (χ4n) is 2.79. The molecule has 128 valence electrons. The monoisotopic (exact) mass is 344 g/mol. The van der Waals surface area contributed by atoms with E-state index in [-0.39, 0.29) is 17.9 Å². The fourth-order valence-corrected chi connectivity index (χ4v) is 2.79. The maximum atomic E-state index is 13.4. The molecule has 25 heavy (non-hydrogen) atoms. The number of hydrogen-bond donors (Lipinski definition) is 1. The summed E-state index contributed by atoms with van der Waals surface area (Å²) in [6.07, 6.45) is 3.36. The quantitative estimate of drug-likeness (QED) is 0.787. The van der Waals surface area contributed by atoms with Gasteiger partial charge >= 0.3 is 0 Å². The zero-order chi connectivity index (χ0) is 17.4. The molecular weight excluding hydrogens is 330 g/mol. The minimum absolute atomic E-state index is 0.192. The first-order valence-corrected chi connectivity index (χ1v) is 7.76. The molecule has 4 heterocycles. The summed E-state index contributed by atoms with van der Waals surface area (Å²) in [5, 5.41) is 6.95. The first-order chi connectivity index (χ1) is 12.1. The van der Waals surface area contributed by atoms with Gasteiger partial charge in [-0.25, -0.2) is 18.3 Å². The third-order valence-corrected chi connectivity index (χ3v) is 4.00. The van der Waals surface area contributed by atoms with Crippen molar-refractivity contribution in [3.8, 4) is 0 Å². The van der Waals surface area contributed by atoms with Crippen molar-refractivity contribution in [3.63, 3.8) is 0 Å². The number of imidazole rings is 1. The van der Waals surface area contributed by atoms with Crippen molar-refractivity contribution in [1.29, 1.82) is 0 Å². The molecule has 4 rings (SSSR count). The lowest BCUT2D eigenvalue weighted by Crippen LogP contribution is -2.23. The van der Waals surface area contributed by atoms with Crippen LogP contribution in [-0.4, -0.2) is 44.8 Å². The van der Waals surface area contributed by atoms with E-state index < -0.39 is 17.9 Å². The second kappa shape index (κ2) is 6.08. The molecular formula is C16H14F2N6O. The highest BCUT2D eigenvalue weighted by Crippen LogP contribution is 2.20. The van der Waals surface area contributed by atoms with Crippen LogP contribution in [0.1, 0.15) is 16.9 Å². The van der Waals surface area contributed by atoms with Gasteiger partial charge in [-0.15, -0.1) is 5.10 Å². The minimum atomic E-state index is -0.872. The van der Waals surface area contributed by atoms with Gasteiger partial charge in [0, 0.05) is 12.6 Å². The second-order valence-corrected chi connectivity index (χ2v) is 5.78. The van der Waals surface area contributed by atoms with Crippen molar-refractivity contribution in [1.82, 2.24) is 19.6 Å². The highest BCUT2D eigenvalue weighted by atomic mass is 19.1. The maximum Gasteiger partial charge on any atom is 0.276 e. The van der Waals surface area contributed by atoms with Crippen molar-refractivity contribution in [2.75, 3.05) is 23.3 Å². The smallest absolute Gasteiger partial charge is 0.276 e. The number of alkyl halides is 1. The van der Waals surface area contributed by atoms with E-state index in [1.54, 1.807) is 12.1 Å². The molecule has 1 fully saturated rings. The molecule has 0 spiro atoms. The van der Waals surface area contributed by atoms with Crippen molar-refractivity contribution in [2.45, 2.75) is 12.6 Å². The van der Waals surface area contributed by atoms with E-state index in [0.29, 0.717) is 24.4 Å². The van der Waals surface area contributed by atoms with Crippen LogP contribution in [0.3, 0.4) is 0 Å². The summed E-state index contributed by atoms with van der Waals surface area (Å²) in [6, 6.07) is 4.63. The fraction of sp³-hybridized carbons (Fsp3) is 0.250. The molecule has 0 unspecified atom stereocenters. The Labute approximate surface area is 141 Å². The Hall–Kier alpha value is -3.10. The molecule has 1 N–H and O–H groups in total. The van der Waals surface area contributed by atoms with Crippen LogP contribution >= 0.6 is 0 Å². The van der Waals surface area contributed by atoms with Gasteiger partial charge in [-0.2, -0.15) is 0 Å². The van der Waals surface area contributed by atoms with Crippen LogP contribution in [0.25, 0.3) is 5.65 Å². The Morgan fingerprint density at radius 3 is 2.92 bits per heavy atom. The number of carbonyl (C=O) groups is 1. The summed E-state index contributed by atoms with van der Waals surface area (Å²) in [6.45, 7) is 0.856. The summed E-state index contributed by atoms with van der Waals surface area (Å²) in [5.41, 5.74) is 0.912. The predicted octanol–water partition coefficient (Wildman–Crippen LogP) is 2.06. The van der Waals surface area contributed by atoms with Crippen molar-refractivity contribution < 1.29 is 13.6 Å². The van der Waals surface area contributed by atoms with Crippen LogP contribution in [0.15, 0.2) is 36.8 Å². The first kappa shape index (κ1) is 15.4. The normalized spacial score (nSPS) is 17.2. The number of rotatable bonds is 3. The summed E-state index contributed by atoms with van der Waals surface area (Å²) < 4.78 is 28.0. The minimum Gasteiger partial charge on any atom is -0.352 e. The van der Waals surface area contributed by atoms with Gasteiger partial charge in [-0.3, -0.25) is 9.78 Å². The molecule has 1 amide bonds. The predicted molar refractivity (Wildman–Crippen MR) is 86.9 cm³/mol. The average molecular weight is 344 g/mol. The highest BCUT2D eigenvalue weighted by molar-refractivity contribution is 6.03. The summed E-state index contributed by atoms with van der Waals surface area (Å²) in [5.74, 6) is -0.465. The van der Waals surface area contributed by atoms with Crippen LogP contribution in [0, 0.1) is 5.82 Å². The molecule has 1 saturated heterocycles. The van der Waals surface area contributed by atoms with Gasteiger partial charge in [-0.05, 0) is 18.6 Å². The molecule has 0 bridgehead atoms. The molecule has 0 aromatic carbocycles. The van der Waals surface area contributed by atoms with Crippen molar-refractivity contribution in [2.24, 2.45) is 0 Å². The van der Waals surface area contributed by atoms with Crippen LogP contribution in [0.5, 0.6) is 0 Å². The number of fused-ring (bicyclic) bond motifs is 1. The Kier molecular flexibility index (Phi) is 3.75. The SMILES string of the molecule is O=C(Nc1cncc(F)c1)c1cnc2ccc(N3CC[C@H](F)C3)nn12. The Morgan fingerprint density at radius 2 is 2.16 bits per heavy atom. The lowest BCUT2D eigenvalue weighted by atomic mass is 10.3. The zero-order valence-corrected chi connectivity index (χ0v) is 13.1. The number of hydrogen-bond acceptors (Lipinski definition) is 5. The van der Waals surface area contributed by atoms with Crippen molar-refractivity contribution >= 4 is 23.1 Å². The van der Waals surface area contributed by atoms with E-state index in [9.17, 15) is 13.6 Å². The van der Waals surface area contributed by atoms with E-state index in [1.807, 2.05) is 4.90 Å². The molecule has 0 radical (unpaired) electrons. The largest absolute Gasteiger partial charge is 0.352 e. The molecule has 1 aliphatic rings. The lowest BCUT2D eigenvalue weighted by Gasteiger charge is -2.16. The van der Waals surface area contributed by atoms with Gasteiger partial charge in [0.05, 0.1) is 30.8 Å². The van der Waals surface area contributed by atoms with Crippen LogP contribution < -0.4 is 10.2 Å². The van der Waals surface area contributed by atoms with Gasteiger partial charge in [0.2, 0.25) is 0 Å². The van der Waals surface area contributed by atoms with Gasteiger partial charge in [0.1, 0.15) is 17.8 Å². The van der Waals surface area contributed by atoms with Gasteiger partial charge in [-0.1, -0.05) is 0 Å². The van der Waals surface area contributed by atoms with Crippen LogP contribution in [-0.2, 0) is 0 Å². The first-order valence-electron chi connectivity index (χ1n) is 7.76. The summed E-state index contributed by atoms with van der Waals surface area (Å²) in [4.78, 5) is 22.1. The van der Waals surface area contributed by atoms with E-state index in [4.69, 9.17) is 0 Å². The topological polar surface area (TPSA) is 75.4 Å². The second-order valence-electron chi connectivity index (χ2n) is 5.78. The van der Waals surface area contributed by atoms with Gasteiger partial charge in [0.15, 0.2) is 11.3 Å². The van der Waals surface area contributed by atoms with E-state index in [2.05, 4.69) is 20.4 Å². The zero-order valence-electron chi connectivity index (χ0n) is 13.1.